The standard InChI is InChI=1S/C34H41N7O4/c1-19-25-6-4-21-14-27(39(32(21)37-25)12-11-34(9-10-34)18-45-13-8-29(42)36-19)31-20(2)40-28(38-31)15-22(16-30(40)44-3)33(43)41-23-5-7-26(41)24(35)17-23/h4,6,14-16,19,23-24,26H,5,7-13,17-18,35H2,1-3H3,(H,36,42)/t19-,23+,24-,26-/m1/s1. The zero-order chi connectivity index (χ0) is 31.0. The number of hydrogen-bond acceptors (Lipinski definition) is 7. The molecule has 1 aliphatic carbocycles. The van der Waals surface area contributed by atoms with E-state index in [9.17, 15) is 9.59 Å². The second-order valence-corrected chi connectivity index (χ2v) is 13.6. The fourth-order valence-electron chi connectivity index (χ4n) is 7.93. The number of amides is 2. The first-order valence-corrected chi connectivity index (χ1v) is 16.3. The molecule has 3 fully saturated rings. The molecule has 4 aromatic heterocycles. The van der Waals surface area contributed by atoms with Gasteiger partial charge in [-0.1, -0.05) is 0 Å². The lowest BCUT2D eigenvalue weighted by Crippen LogP contribution is -2.40. The van der Waals surface area contributed by atoms with Gasteiger partial charge in [-0.15, -0.1) is 0 Å². The highest BCUT2D eigenvalue weighted by atomic mass is 16.5. The van der Waals surface area contributed by atoms with Crippen LogP contribution >= 0.6 is 0 Å². The molecule has 4 atom stereocenters. The SMILES string of the molecule is COc1cc(C(=O)N2[C@H]3CC[C@@H]2[C@H](N)C3)cc2nc(-c3cc4ccc5nc4n3CCC3(CC3)COCCC(=O)N[C@@H]5C)c(C)n12. The van der Waals surface area contributed by atoms with Crippen LogP contribution in [-0.2, 0) is 16.1 Å². The summed E-state index contributed by atoms with van der Waals surface area (Å²) in [6.07, 6.45) is 6.37. The summed E-state index contributed by atoms with van der Waals surface area (Å²) < 4.78 is 16.1. The Balaban J connectivity index is 1.23. The van der Waals surface area contributed by atoms with Gasteiger partial charge in [0.05, 0.1) is 43.4 Å². The Hall–Kier alpha value is -3.96. The molecule has 3 N–H and O–H groups in total. The van der Waals surface area contributed by atoms with E-state index in [0.717, 1.165) is 78.9 Å². The zero-order valence-electron chi connectivity index (χ0n) is 26.2. The molecular weight excluding hydrogens is 570 g/mol. The number of aryl methyl sites for hydroxylation is 2. The Morgan fingerprint density at radius 1 is 1.16 bits per heavy atom. The van der Waals surface area contributed by atoms with E-state index in [-0.39, 0.29) is 41.4 Å². The van der Waals surface area contributed by atoms with Crippen LogP contribution in [0.4, 0.5) is 0 Å². The summed E-state index contributed by atoms with van der Waals surface area (Å²) in [4.78, 5) is 38.6. The number of aromatic nitrogens is 4. The first-order chi connectivity index (χ1) is 21.7. The Kier molecular flexibility index (Phi) is 6.69. The number of carbonyl (C=O) groups is 2. The summed E-state index contributed by atoms with van der Waals surface area (Å²) in [5.41, 5.74) is 12.1. The van der Waals surface area contributed by atoms with Gasteiger partial charge >= 0.3 is 0 Å². The van der Waals surface area contributed by atoms with Crippen molar-refractivity contribution in [2.75, 3.05) is 20.3 Å². The molecule has 4 bridgehead atoms. The highest BCUT2D eigenvalue weighted by Crippen LogP contribution is 2.50. The zero-order valence-corrected chi connectivity index (χ0v) is 26.2. The van der Waals surface area contributed by atoms with Crippen molar-refractivity contribution in [1.29, 1.82) is 0 Å². The predicted molar refractivity (Wildman–Crippen MR) is 169 cm³/mol. The maximum absolute atomic E-state index is 13.8. The van der Waals surface area contributed by atoms with E-state index in [1.54, 1.807) is 7.11 Å². The molecule has 11 heteroatoms. The quantitative estimate of drug-likeness (QED) is 0.356. The molecule has 11 nitrogen and oxygen atoms in total. The van der Waals surface area contributed by atoms with Gasteiger partial charge in [-0.25, -0.2) is 9.97 Å². The van der Waals surface area contributed by atoms with Crippen molar-refractivity contribution in [2.24, 2.45) is 11.1 Å². The summed E-state index contributed by atoms with van der Waals surface area (Å²) in [7, 11) is 1.63. The number of fused-ring (bicyclic) bond motifs is 4. The number of hydrogen-bond donors (Lipinski definition) is 2. The number of nitrogens with two attached hydrogens (primary N) is 1. The first kappa shape index (κ1) is 28.5. The third-order valence-electron chi connectivity index (χ3n) is 10.7. The largest absolute Gasteiger partial charge is 0.482 e. The molecule has 2 saturated heterocycles. The minimum atomic E-state index is -0.232. The summed E-state index contributed by atoms with van der Waals surface area (Å²) >= 11 is 0. The third-order valence-corrected chi connectivity index (χ3v) is 10.7. The molecule has 4 aromatic rings. The van der Waals surface area contributed by atoms with Crippen LogP contribution in [-0.4, -0.2) is 74.1 Å². The van der Waals surface area contributed by atoms with E-state index in [1.807, 2.05) is 41.3 Å². The number of methoxy groups -OCH3 is 1. The fraction of sp³-hybridized carbons (Fsp3) is 0.529. The maximum atomic E-state index is 13.8. The second-order valence-electron chi connectivity index (χ2n) is 13.6. The monoisotopic (exact) mass is 611 g/mol. The summed E-state index contributed by atoms with van der Waals surface area (Å²) in [5, 5.41) is 4.09. The second kappa shape index (κ2) is 10.6. The van der Waals surface area contributed by atoms with Gasteiger partial charge < -0.3 is 30.0 Å². The molecule has 2 amide bonds. The molecule has 0 aromatic carbocycles. The van der Waals surface area contributed by atoms with Crippen LogP contribution < -0.4 is 15.8 Å². The van der Waals surface area contributed by atoms with Crippen LogP contribution in [0.5, 0.6) is 5.88 Å². The minimum Gasteiger partial charge on any atom is -0.482 e. The van der Waals surface area contributed by atoms with E-state index < -0.39 is 0 Å². The summed E-state index contributed by atoms with van der Waals surface area (Å²) in [6.45, 7) is 5.86. The number of ether oxygens (including phenoxy) is 2. The number of nitrogens with one attached hydrogen (secondary N) is 1. The lowest BCUT2D eigenvalue weighted by molar-refractivity contribution is -0.123. The van der Waals surface area contributed by atoms with E-state index in [2.05, 4.69) is 22.0 Å². The van der Waals surface area contributed by atoms with Gasteiger partial charge in [0.15, 0.2) is 5.88 Å². The van der Waals surface area contributed by atoms with Crippen molar-refractivity contribution in [1.82, 2.24) is 29.2 Å². The van der Waals surface area contributed by atoms with Crippen LogP contribution in [0.25, 0.3) is 28.1 Å². The predicted octanol–water partition coefficient (Wildman–Crippen LogP) is 4.14. The molecule has 1 saturated carbocycles. The van der Waals surface area contributed by atoms with E-state index in [1.165, 1.54) is 0 Å². The number of nitrogens with zero attached hydrogens (tertiary/aromatic N) is 5. The van der Waals surface area contributed by atoms with Crippen molar-refractivity contribution in [3.63, 3.8) is 0 Å². The summed E-state index contributed by atoms with van der Waals surface area (Å²) in [6, 6.07) is 10.0. The van der Waals surface area contributed by atoms with Crippen molar-refractivity contribution in [3.05, 3.63) is 47.3 Å². The van der Waals surface area contributed by atoms with E-state index in [0.29, 0.717) is 36.7 Å². The van der Waals surface area contributed by atoms with Gasteiger partial charge in [0.25, 0.3) is 5.91 Å². The lowest BCUT2D eigenvalue weighted by atomic mass is 9.97. The summed E-state index contributed by atoms with van der Waals surface area (Å²) in [5.74, 6) is 0.532. The Morgan fingerprint density at radius 2 is 2.00 bits per heavy atom. The van der Waals surface area contributed by atoms with Gasteiger partial charge in [0, 0.05) is 48.1 Å². The molecular formula is C34H41N7O4. The molecule has 3 aliphatic heterocycles. The topological polar surface area (TPSA) is 129 Å². The van der Waals surface area contributed by atoms with Crippen molar-refractivity contribution >= 4 is 28.5 Å². The lowest BCUT2D eigenvalue weighted by Gasteiger charge is -2.23. The van der Waals surface area contributed by atoms with Crippen LogP contribution in [0.3, 0.4) is 0 Å². The van der Waals surface area contributed by atoms with E-state index in [4.69, 9.17) is 25.2 Å². The molecule has 1 spiro atoms. The minimum absolute atomic E-state index is 0.00406. The van der Waals surface area contributed by atoms with Crippen LogP contribution in [0.15, 0.2) is 30.3 Å². The Labute approximate surface area is 262 Å². The fourth-order valence-corrected chi connectivity index (χ4v) is 7.93. The average molecular weight is 612 g/mol. The van der Waals surface area contributed by atoms with Crippen molar-refractivity contribution in [3.8, 4) is 17.3 Å². The molecule has 4 aliphatic rings. The maximum Gasteiger partial charge on any atom is 0.254 e. The van der Waals surface area contributed by atoms with Gasteiger partial charge in [-0.3, -0.25) is 14.0 Å². The van der Waals surface area contributed by atoms with Gasteiger partial charge in [-0.2, -0.15) is 0 Å². The van der Waals surface area contributed by atoms with E-state index >= 15 is 0 Å². The number of rotatable bonds is 3. The molecule has 0 radical (unpaired) electrons. The van der Waals surface area contributed by atoms with Gasteiger partial charge in [0.2, 0.25) is 5.91 Å². The first-order valence-electron chi connectivity index (χ1n) is 16.3. The highest BCUT2D eigenvalue weighted by molar-refractivity contribution is 5.97. The molecule has 45 heavy (non-hydrogen) atoms. The van der Waals surface area contributed by atoms with Crippen LogP contribution in [0.2, 0.25) is 0 Å². The Morgan fingerprint density at radius 3 is 2.73 bits per heavy atom. The number of imidazole rings is 1. The average Bonchev–Trinajstić information content (AvgIpc) is 3.28. The van der Waals surface area contributed by atoms with Crippen molar-refractivity contribution in [2.45, 2.75) is 89.5 Å². The number of pyridine rings is 2. The van der Waals surface area contributed by atoms with Crippen molar-refractivity contribution < 1.29 is 19.1 Å². The smallest absolute Gasteiger partial charge is 0.254 e. The Bertz CT molecular complexity index is 1840. The highest BCUT2D eigenvalue weighted by Gasteiger charge is 2.47. The molecule has 7 heterocycles. The molecule has 0 unspecified atom stereocenters. The van der Waals surface area contributed by atoms with Gasteiger partial charge in [0.1, 0.15) is 17.0 Å². The third kappa shape index (κ3) is 4.70. The molecule has 236 valence electrons. The number of carbonyl (C=O) groups excluding carboxylic acids is 2. The normalized spacial score (nSPS) is 26.1. The molecule has 8 rings (SSSR count). The van der Waals surface area contributed by atoms with Crippen LogP contribution in [0, 0.1) is 12.3 Å². The van der Waals surface area contributed by atoms with Crippen LogP contribution in [0.1, 0.15) is 79.7 Å². The van der Waals surface area contributed by atoms with Gasteiger partial charge in [-0.05, 0) is 82.1 Å².